The first kappa shape index (κ1) is 14.1. The van der Waals surface area contributed by atoms with Crippen molar-refractivity contribution in [1.82, 2.24) is 15.5 Å². The van der Waals surface area contributed by atoms with E-state index in [4.69, 9.17) is 9.51 Å². The minimum Gasteiger partial charge on any atom is -0.338 e. The number of aromatic nitrogens is 2. The molecule has 3 rings (SSSR count). The Morgan fingerprint density at radius 2 is 1.95 bits per heavy atom. The zero-order valence-electron chi connectivity index (χ0n) is 12.6. The van der Waals surface area contributed by atoms with Crippen molar-refractivity contribution in [3.05, 3.63) is 11.7 Å². The molecule has 1 aliphatic carbocycles. The van der Waals surface area contributed by atoms with E-state index >= 15 is 0 Å². The van der Waals surface area contributed by atoms with Gasteiger partial charge in [0.25, 0.3) is 0 Å². The molecule has 2 unspecified atom stereocenters. The summed E-state index contributed by atoms with van der Waals surface area (Å²) in [5, 5.41) is 7.81. The highest BCUT2D eigenvalue weighted by Gasteiger charge is 2.27. The third kappa shape index (κ3) is 3.22. The number of hydrogen-bond acceptors (Lipinski definition) is 4. The van der Waals surface area contributed by atoms with Crippen LogP contribution in [-0.4, -0.2) is 16.7 Å². The molecule has 20 heavy (non-hydrogen) atoms. The van der Waals surface area contributed by atoms with Gasteiger partial charge in [0.1, 0.15) is 0 Å². The molecule has 2 heterocycles. The summed E-state index contributed by atoms with van der Waals surface area (Å²) < 4.78 is 5.57. The monoisotopic (exact) mass is 277 g/mol. The molecule has 0 spiro atoms. The van der Waals surface area contributed by atoms with Gasteiger partial charge in [0.2, 0.25) is 5.89 Å². The van der Waals surface area contributed by atoms with Crippen molar-refractivity contribution in [2.45, 2.75) is 76.7 Å². The van der Waals surface area contributed by atoms with Gasteiger partial charge in [-0.25, -0.2) is 0 Å². The summed E-state index contributed by atoms with van der Waals surface area (Å²) in [6, 6.07) is 0.278. The molecule has 2 atom stereocenters. The van der Waals surface area contributed by atoms with E-state index < -0.39 is 0 Å². The lowest BCUT2D eigenvalue weighted by Gasteiger charge is -2.27. The lowest BCUT2D eigenvalue weighted by atomic mass is 9.90. The highest BCUT2D eigenvalue weighted by atomic mass is 16.5. The number of nitrogens with one attached hydrogen (secondary N) is 1. The molecule has 4 nitrogen and oxygen atoms in total. The molecule has 1 aromatic rings. The van der Waals surface area contributed by atoms with Crippen LogP contribution in [0, 0.1) is 5.92 Å². The molecule has 4 heteroatoms. The van der Waals surface area contributed by atoms with E-state index in [0.29, 0.717) is 5.92 Å². The van der Waals surface area contributed by atoms with Gasteiger partial charge in [0, 0.05) is 5.92 Å². The van der Waals surface area contributed by atoms with Crippen molar-refractivity contribution in [1.29, 1.82) is 0 Å². The normalized spacial score (nSPS) is 29.2. The van der Waals surface area contributed by atoms with Crippen molar-refractivity contribution in [3.8, 4) is 0 Å². The number of nitrogens with zero attached hydrogens (tertiary/aromatic N) is 2. The zero-order chi connectivity index (χ0) is 13.8. The summed E-state index contributed by atoms with van der Waals surface area (Å²) in [5.41, 5.74) is 0. The van der Waals surface area contributed by atoms with Crippen molar-refractivity contribution in [3.63, 3.8) is 0 Å². The van der Waals surface area contributed by atoms with Crippen molar-refractivity contribution in [2.24, 2.45) is 5.92 Å². The van der Waals surface area contributed by atoms with E-state index in [9.17, 15) is 0 Å². The Morgan fingerprint density at radius 1 is 1.15 bits per heavy atom. The van der Waals surface area contributed by atoms with Crippen LogP contribution in [0.4, 0.5) is 0 Å². The highest BCUT2D eigenvalue weighted by Crippen LogP contribution is 2.32. The molecular weight excluding hydrogens is 250 g/mol. The highest BCUT2D eigenvalue weighted by molar-refractivity contribution is 5.00. The van der Waals surface area contributed by atoms with Gasteiger partial charge in [0.15, 0.2) is 5.82 Å². The largest absolute Gasteiger partial charge is 0.338 e. The SMILES string of the molecule is CCC1CCNC(c2nc(C3CCCCCC3)no2)C1. The van der Waals surface area contributed by atoms with Crippen LogP contribution >= 0.6 is 0 Å². The summed E-state index contributed by atoms with van der Waals surface area (Å²) in [4.78, 5) is 4.73. The topological polar surface area (TPSA) is 51.0 Å². The maximum absolute atomic E-state index is 5.57. The molecule has 0 aromatic carbocycles. The second-order valence-corrected chi connectivity index (χ2v) is 6.48. The van der Waals surface area contributed by atoms with E-state index in [0.717, 1.165) is 30.6 Å². The van der Waals surface area contributed by atoms with Gasteiger partial charge in [-0.15, -0.1) is 0 Å². The third-order valence-electron chi connectivity index (χ3n) is 5.07. The molecule has 112 valence electrons. The second kappa shape index (κ2) is 6.70. The number of hydrogen-bond donors (Lipinski definition) is 1. The van der Waals surface area contributed by atoms with E-state index in [-0.39, 0.29) is 6.04 Å². The maximum Gasteiger partial charge on any atom is 0.243 e. The fourth-order valence-corrected chi connectivity index (χ4v) is 3.65. The molecule has 0 bridgehead atoms. The Hall–Kier alpha value is -0.900. The fourth-order valence-electron chi connectivity index (χ4n) is 3.65. The first-order valence-corrected chi connectivity index (χ1v) is 8.43. The standard InChI is InChI=1S/C16H27N3O/c1-2-12-9-10-17-14(11-12)16-18-15(19-20-16)13-7-5-3-4-6-8-13/h12-14,17H,2-11H2,1H3. The maximum atomic E-state index is 5.57. The predicted molar refractivity (Wildman–Crippen MR) is 78.5 cm³/mol. The first-order valence-electron chi connectivity index (χ1n) is 8.43. The number of rotatable bonds is 3. The summed E-state index contributed by atoms with van der Waals surface area (Å²) in [7, 11) is 0. The Labute approximate surface area is 121 Å². The second-order valence-electron chi connectivity index (χ2n) is 6.48. The molecule has 0 amide bonds. The predicted octanol–water partition coefficient (Wildman–Crippen LogP) is 3.96. The first-order chi connectivity index (χ1) is 9.86. The van der Waals surface area contributed by atoms with Crippen molar-refractivity contribution < 1.29 is 4.52 Å². The minimum absolute atomic E-state index is 0.278. The smallest absolute Gasteiger partial charge is 0.243 e. The van der Waals surface area contributed by atoms with Gasteiger partial charge in [-0.3, -0.25) is 0 Å². The van der Waals surface area contributed by atoms with Crippen LogP contribution in [-0.2, 0) is 0 Å². The van der Waals surface area contributed by atoms with E-state index in [1.807, 2.05) is 0 Å². The van der Waals surface area contributed by atoms with Gasteiger partial charge >= 0.3 is 0 Å². The Balaban J connectivity index is 1.66. The van der Waals surface area contributed by atoms with E-state index in [1.165, 1.54) is 51.4 Å². The zero-order valence-corrected chi connectivity index (χ0v) is 12.6. The average molecular weight is 277 g/mol. The van der Waals surface area contributed by atoms with Crippen LogP contribution in [0.5, 0.6) is 0 Å². The Morgan fingerprint density at radius 3 is 2.70 bits per heavy atom. The molecular formula is C16H27N3O. The van der Waals surface area contributed by atoms with Gasteiger partial charge in [0.05, 0.1) is 6.04 Å². The molecule has 1 N–H and O–H groups in total. The van der Waals surface area contributed by atoms with Crippen LogP contribution in [0.1, 0.15) is 88.4 Å². The molecule has 2 fully saturated rings. The van der Waals surface area contributed by atoms with E-state index in [1.54, 1.807) is 0 Å². The van der Waals surface area contributed by atoms with Gasteiger partial charge in [-0.05, 0) is 38.1 Å². The lowest BCUT2D eigenvalue weighted by Crippen LogP contribution is -2.31. The summed E-state index contributed by atoms with van der Waals surface area (Å²) >= 11 is 0. The lowest BCUT2D eigenvalue weighted by molar-refractivity contribution is 0.245. The van der Waals surface area contributed by atoms with Crippen LogP contribution in [0.15, 0.2) is 4.52 Å². The van der Waals surface area contributed by atoms with Gasteiger partial charge in [-0.2, -0.15) is 4.98 Å². The molecule has 1 saturated carbocycles. The van der Waals surface area contributed by atoms with E-state index in [2.05, 4.69) is 17.4 Å². The van der Waals surface area contributed by atoms with Gasteiger partial charge in [-0.1, -0.05) is 44.2 Å². The fraction of sp³-hybridized carbons (Fsp3) is 0.875. The third-order valence-corrected chi connectivity index (χ3v) is 5.07. The van der Waals surface area contributed by atoms with Crippen LogP contribution in [0.3, 0.4) is 0 Å². The van der Waals surface area contributed by atoms with Crippen molar-refractivity contribution >= 4 is 0 Å². The molecule has 2 aliphatic rings. The van der Waals surface area contributed by atoms with Crippen LogP contribution in [0.2, 0.25) is 0 Å². The van der Waals surface area contributed by atoms with Crippen LogP contribution < -0.4 is 5.32 Å². The van der Waals surface area contributed by atoms with Crippen LogP contribution in [0.25, 0.3) is 0 Å². The van der Waals surface area contributed by atoms with Crippen molar-refractivity contribution in [2.75, 3.05) is 6.54 Å². The molecule has 1 saturated heterocycles. The Kier molecular flexibility index (Phi) is 4.71. The van der Waals surface area contributed by atoms with Gasteiger partial charge < -0.3 is 9.84 Å². The molecule has 1 aromatic heterocycles. The Bertz CT molecular complexity index is 410. The average Bonchev–Trinajstić information content (AvgIpc) is 2.83. The summed E-state index contributed by atoms with van der Waals surface area (Å²) in [6.07, 6.45) is 11.5. The molecule has 1 aliphatic heterocycles. The summed E-state index contributed by atoms with van der Waals surface area (Å²) in [6.45, 7) is 3.35. The minimum atomic E-state index is 0.278. The molecule has 0 radical (unpaired) electrons. The summed E-state index contributed by atoms with van der Waals surface area (Å²) in [5.74, 6) is 3.11. The quantitative estimate of drug-likeness (QED) is 0.850. The number of piperidine rings is 1.